The Balaban J connectivity index is 1.42. The molecule has 3 rings (SSSR count). The van der Waals surface area contributed by atoms with Crippen LogP contribution in [0.15, 0.2) is 48.8 Å². The van der Waals surface area contributed by atoms with Crippen molar-refractivity contribution in [1.82, 2.24) is 20.2 Å². The van der Waals surface area contributed by atoms with Gasteiger partial charge in [-0.25, -0.2) is 9.97 Å². The highest BCUT2D eigenvalue weighted by molar-refractivity contribution is 5.96. The van der Waals surface area contributed by atoms with Crippen LogP contribution in [0.1, 0.15) is 23.2 Å². The Morgan fingerprint density at radius 3 is 2.44 bits per heavy atom. The first-order chi connectivity index (χ1) is 12.2. The van der Waals surface area contributed by atoms with Crippen molar-refractivity contribution in [1.29, 1.82) is 0 Å². The highest BCUT2D eigenvalue weighted by atomic mass is 16.5. The van der Waals surface area contributed by atoms with Gasteiger partial charge in [0.1, 0.15) is 6.10 Å². The van der Waals surface area contributed by atoms with Gasteiger partial charge in [0.05, 0.1) is 6.54 Å². The van der Waals surface area contributed by atoms with Crippen LogP contribution in [0.4, 0.5) is 0 Å². The van der Waals surface area contributed by atoms with Gasteiger partial charge >= 0.3 is 6.01 Å². The van der Waals surface area contributed by atoms with E-state index in [4.69, 9.17) is 4.74 Å². The number of ether oxygens (including phenoxy) is 1. The minimum Gasteiger partial charge on any atom is -0.460 e. The van der Waals surface area contributed by atoms with Gasteiger partial charge in [0.2, 0.25) is 5.91 Å². The normalized spacial score (nSPS) is 14.8. The van der Waals surface area contributed by atoms with Crippen LogP contribution in [-0.2, 0) is 4.79 Å². The Morgan fingerprint density at radius 1 is 1.08 bits per heavy atom. The van der Waals surface area contributed by atoms with E-state index in [9.17, 15) is 9.59 Å². The zero-order chi connectivity index (χ0) is 17.5. The maximum Gasteiger partial charge on any atom is 0.316 e. The molecule has 0 aliphatic carbocycles. The van der Waals surface area contributed by atoms with E-state index in [0.717, 1.165) is 12.8 Å². The van der Waals surface area contributed by atoms with Gasteiger partial charge in [-0.15, -0.1) is 0 Å². The summed E-state index contributed by atoms with van der Waals surface area (Å²) in [5.74, 6) is -0.327. The molecular formula is C18H20N4O3. The van der Waals surface area contributed by atoms with Crippen molar-refractivity contribution in [2.45, 2.75) is 18.9 Å². The molecule has 1 fully saturated rings. The maximum absolute atomic E-state index is 12.2. The molecule has 1 aromatic carbocycles. The monoisotopic (exact) mass is 340 g/mol. The average molecular weight is 340 g/mol. The van der Waals surface area contributed by atoms with E-state index in [1.807, 2.05) is 6.07 Å². The molecule has 1 aromatic heterocycles. The number of hydrogen-bond acceptors (Lipinski definition) is 5. The van der Waals surface area contributed by atoms with Gasteiger partial charge in [-0.2, -0.15) is 0 Å². The molecule has 2 amide bonds. The molecule has 1 N–H and O–H groups in total. The lowest BCUT2D eigenvalue weighted by Gasteiger charge is -2.31. The summed E-state index contributed by atoms with van der Waals surface area (Å²) in [5, 5.41) is 2.67. The number of piperidine rings is 1. The van der Waals surface area contributed by atoms with Gasteiger partial charge in [-0.1, -0.05) is 18.2 Å². The molecular weight excluding hydrogens is 320 g/mol. The number of carbonyl (C=O) groups excluding carboxylic acids is 2. The fourth-order valence-electron chi connectivity index (χ4n) is 2.68. The fraction of sp³-hybridized carbons (Fsp3) is 0.333. The van der Waals surface area contributed by atoms with Gasteiger partial charge in [0.15, 0.2) is 0 Å². The quantitative estimate of drug-likeness (QED) is 0.886. The molecule has 130 valence electrons. The number of nitrogens with zero attached hydrogens (tertiary/aromatic N) is 3. The van der Waals surface area contributed by atoms with Crippen molar-refractivity contribution in [2.75, 3.05) is 19.6 Å². The van der Waals surface area contributed by atoms with Gasteiger partial charge in [0, 0.05) is 43.9 Å². The predicted molar refractivity (Wildman–Crippen MR) is 91.0 cm³/mol. The molecule has 7 heteroatoms. The fourth-order valence-corrected chi connectivity index (χ4v) is 2.68. The van der Waals surface area contributed by atoms with Crippen molar-refractivity contribution in [3.63, 3.8) is 0 Å². The van der Waals surface area contributed by atoms with Gasteiger partial charge < -0.3 is 15.0 Å². The molecule has 1 aliphatic rings. The second-order valence-electron chi connectivity index (χ2n) is 5.78. The summed E-state index contributed by atoms with van der Waals surface area (Å²) in [6.07, 6.45) is 4.71. The van der Waals surface area contributed by atoms with Crippen molar-refractivity contribution in [3.8, 4) is 6.01 Å². The standard InChI is InChI=1S/C18H20N4O3/c23-16(13-21-17(24)14-5-2-1-3-6-14)22-11-7-15(8-12-22)25-18-19-9-4-10-20-18/h1-6,9-10,15H,7-8,11-13H2,(H,21,24). The third-order valence-electron chi connectivity index (χ3n) is 4.04. The number of rotatable bonds is 5. The average Bonchev–Trinajstić information content (AvgIpc) is 2.68. The van der Waals surface area contributed by atoms with Crippen molar-refractivity contribution in [2.24, 2.45) is 0 Å². The van der Waals surface area contributed by atoms with Crippen LogP contribution < -0.4 is 10.1 Å². The zero-order valence-corrected chi connectivity index (χ0v) is 13.8. The van der Waals surface area contributed by atoms with Crippen molar-refractivity contribution < 1.29 is 14.3 Å². The third kappa shape index (κ3) is 4.76. The SMILES string of the molecule is O=C(NCC(=O)N1CCC(Oc2ncccn2)CC1)c1ccccc1. The minimum atomic E-state index is -0.242. The Morgan fingerprint density at radius 2 is 1.76 bits per heavy atom. The van der Waals surface area contributed by atoms with Crippen LogP contribution in [0.5, 0.6) is 6.01 Å². The van der Waals surface area contributed by atoms with Crippen LogP contribution in [-0.4, -0.2) is 52.4 Å². The predicted octanol–water partition coefficient (Wildman–Crippen LogP) is 1.28. The Hall–Kier alpha value is -2.96. The molecule has 0 saturated carbocycles. The summed E-state index contributed by atoms with van der Waals surface area (Å²) in [5.41, 5.74) is 0.547. The number of nitrogens with one attached hydrogen (secondary N) is 1. The lowest BCUT2D eigenvalue weighted by atomic mass is 10.1. The molecule has 0 bridgehead atoms. The van der Waals surface area contributed by atoms with E-state index in [0.29, 0.717) is 24.7 Å². The van der Waals surface area contributed by atoms with Crippen LogP contribution in [0.2, 0.25) is 0 Å². The van der Waals surface area contributed by atoms with E-state index >= 15 is 0 Å². The number of likely N-dealkylation sites (tertiary alicyclic amines) is 1. The number of amides is 2. The van der Waals surface area contributed by atoms with Gasteiger partial charge in [-0.05, 0) is 18.2 Å². The van der Waals surface area contributed by atoms with E-state index in [1.165, 1.54) is 0 Å². The first-order valence-electron chi connectivity index (χ1n) is 8.27. The first-order valence-corrected chi connectivity index (χ1v) is 8.27. The summed E-state index contributed by atoms with van der Waals surface area (Å²) < 4.78 is 5.71. The molecule has 7 nitrogen and oxygen atoms in total. The second kappa shape index (κ2) is 8.23. The summed E-state index contributed by atoms with van der Waals surface area (Å²) >= 11 is 0. The van der Waals surface area contributed by atoms with Crippen LogP contribution in [0.25, 0.3) is 0 Å². The molecule has 1 aliphatic heterocycles. The van der Waals surface area contributed by atoms with Crippen LogP contribution >= 0.6 is 0 Å². The molecule has 2 heterocycles. The molecule has 0 radical (unpaired) electrons. The molecule has 0 unspecified atom stereocenters. The highest BCUT2D eigenvalue weighted by Gasteiger charge is 2.24. The van der Waals surface area contributed by atoms with Crippen molar-refractivity contribution in [3.05, 3.63) is 54.4 Å². The molecule has 0 atom stereocenters. The Kier molecular flexibility index (Phi) is 5.56. The molecule has 0 spiro atoms. The van der Waals surface area contributed by atoms with E-state index < -0.39 is 0 Å². The van der Waals surface area contributed by atoms with Gasteiger partial charge in [-0.3, -0.25) is 9.59 Å². The molecule has 25 heavy (non-hydrogen) atoms. The highest BCUT2D eigenvalue weighted by Crippen LogP contribution is 2.15. The summed E-state index contributed by atoms with van der Waals surface area (Å²) in [6, 6.07) is 11.0. The number of benzene rings is 1. The first kappa shape index (κ1) is 16.9. The number of carbonyl (C=O) groups is 2. The number of hydrogen-bond donors (Lipinski definition) is 1. The topological polar surface area (TPSA) is 84.4 Å². The summed E-state index contributed by atoms with van der Waals surface area (Å²) in [6.45, 7) is 1.19. The number of aromatic nitrogens is 2. The van der Waals surface area contributed by atoms with Crippen LogP contribution in [0, 0.1) is 0 Å². The van der Waals surface area contributed by atoms with Gasteiger partial charge in [0.25, 0.3) is 5.91 Å². The Bertz CT molecular complexity index is 701. The minimum absolute atomic E-state index is 0.00104. The lowest BCUT2D eigenvalue weighted by Crippen LogP contribution is -2.46. The Labute approximate surface area is 146 Å². The maximum atomic E-state index is 12.2. The van der Waals surface area contributed by atoms with E-state index in [2.05, 4.69) is 15.3 Å². The smallest absolute Gasteiger partial charge is 0.316 e. The lowest BCUT2D eigenvalue weighted by molar-refractivity contribution is -0.131. The van der Waals surface area contributed by atoms with E-state index in [1.54, 1.807) is 47.6 Å². The summed E-state index contributed by atoms with van der Waals surface area (Å²) in [7, 11) is 0. The third-order valence-corrected chi connectivity index (χ3v) is 4.04. The van der Waals surface area contributed by atoms with E-state index in [-0.39, 0.29) is 24.5 Å². The molecule has 1 saturated heterocycles. The molecule has 2 aromatic rings. The largest absolute Gasteiger partial charge is 0.460 e. The second-order valence-corrected chi connectivity index (χ2v) is 5.78. The van der Waals surface area contributed by atoms with Crippen LogP contribution in [0.3, 0.4) is 0 Å². The summed E-state index contributed by atoms with van der Waals surface area (Å²) in [4.78, 5) is 34.0. The zero-order valence-electron chi connectivity index (χ0n) is 13.8. The van der Waals surface area contributed by atoms with Crippen molar-refractivity contribution >= 4 is 11.8 Å².